The van der Waals surface area contributed by atoms with E-state index < -0.39 is 22.3 Å². The normalized spacial score (nSPS) is 17.4. The quantitative estimate of drug-likeness (QED) is 0.455. The molecule has 4 rings (SSSR count). The molecule has 3 N–H and O–H groups in total. The van der Waals surface area contributed by atoms with Crippen LogP contribution in [-0.4, -0.2) is 50.1 Å². The molecule has 1 fully saturated rings. The first-order valence-corrected chi connectivity index (χ1v) is 9.11. The molecule has 0 bridgehead atoms. The number of benzene rings is 1. The number of piperidine rings is 1. The van der Waals surface area contributed by atoms with Gasteiger partial charge in [0.05, 0.1) is 23.1 Å². The van der Waals surface area contributed by atoms with Crippen molar-refractivity contribution in [3.63, 3.8) is 0 Å². The van der Waals surface area contributed by atoms with Gasteiger partial charge < -0.3 is 20.5 Å². The lowest BCUT2D eigenvalue weighted by atomic mass is 9.95. The second-order valence-electron chi connectivity index (χ2n) is 7.01. The molecule has 2 aromatic rings. The van der Waals surface area contributed by atoms with Gasteiger partial charge in [0, 0.05) is 32.1 Å². The largest absolute Gasteiger partial charge is 0.393 e. The molecule has 0 radical (unpaired) electrons. The van der Waals surface area contributed by atoms with Crippen LogP contribution >= 0.6 is 0 Å². The molecule has 28 heavy (non-hydrogen) atoms. The summed E-state index contributed by atoms with van der Waals surface area (Å²) in [6, 6.07) is 1.68. The van der Waals surface area contributed by atoms with Crippen molar-refractivity contribution in [2.24, 2.45) is 0 Å². The topological polar surface area (TPSA) is 132 Å². The van der Waals surface area contributed by atoms with Crippen LogP contribution in [0, 0.1) is 15.9 Å². The number of carbonyl (C=O) groups excluding carboxylic acids is 1. The molecule has 148 valence electrons. The molecule has 10 nitrogen and oxygen atoms in total. The Labute approximate surface area is 159 Å². The number of hydrogen-bond acceptors (Lipinski definition) is 7. The number of rotatable bonds is 3. The molecule has 1 aromatic carbocycles. The van der Waals surface area contributed by atoms with E-state index in [0.29, 0.717) is 32.5 Å². The number of nitro groups is 1. The Kier molecular flexibility index (Phi) is 4.67. The molecule has 3 heterocycles. The van der Waals surface area contributed by atoms with E-state index in [1.165, 1.54) is 0 Å². The van der Waals surface area contributed by atoms with Crippen molar-refractivity contribution < 1.29 is 14.1 Å². The molecule has 0 atom stereocenters. The predicted molar refractivity (Wildman–Crippen MR) is 97.1 cm³/mol. The van der Waals surface area contributed by atoms with Gasteiger partial charge >= 0.3 is 0 Å². The fraction of sp³-hybridized carbons (Fsp3) is 0.471. The van der Waals surface area contributed by atoms with Crippen molar-refractivity contribution in [3.05, 3.63) is 45.3 Å². The van der Waals surface area contributed by atoms with E-state index in [1.807, 2.05) is 0 Å². The molecule has 1 saturated heterocycles. The number of likely N-dealkylation sites (tertiary alicyclic amines) is 1. The molecule has 0 aliphatic carbocycles. The summed E-state index contributed by atoms with van der Waals surface area (Å²) in [5.74, 6) is 0.681. The van der Waals surface area contributed by atoms with E-state index in [0.717, 1.165) is 36.9 Å². The number of amides is 1. The van der Waals surface area contributed by atoms with Gasteiger partial charge in [-0.05, 0) is 18.9 Å². The first-order valence-electron chi connectivity index (χ1n) is 9.11. The van der Waals surface area contributed by atoms with Crippen LogP contribution in [0.15, 0.2) is 12.1 Å². The van der Waals surface area contributed by atoms with Crippen molar-refractivity contribution in [2.75, 3.05) is 25.4 Å². The van der Waals surface area contributed by atoms with E-state index in [4.69, 9.17) is 5.73 Å². The standard InChI is InChI=1S/C17H20FN7O3/c18-11-7-12(15(19)13(8-11)25(27)28)17(26)23-4-1-10(2-5-23)16-22-21-14-9-20-3-6-24(14)16/h7-8,10,20H,1-6,9,19H2. The third kappa shape index (κ3) is 3.17. The van der Waals surface area contributed by atoms with Crippen LogP contribution in [0.25, 0.3) is 0 Å². The van der Waals surface area contributed by atoms with Gasteiger partial charge in [-0.2, -0.15) is 0 Å². The zero-order chi connectivity index (χ0) is 19.8. The molecule has 1 amide bonds. The number of nitrogens with one attached hydrogen (secondary N) is 1. The maximum Gasteiger partial charge on any atom is 0.295 e. The predicted octanol–water partition coefficient (Wildman–Crippen LogP) is 1.03. The summed E-state index contributed by atoms with van der Waals surface area (Å²) in [7, 11) is 0. The molecule has 11 heteroatoms. The average Bonchev–Trinajstić information content (AvgIpc) is 3.13. The molecule has 2 aliphatic heterocycles. The van der Waals surface area contributed by atoms with Gasteiger partial charge in [-0.25, -0.2) is 4.39 Å². The molecular formula is C17H20FN7O3. The van der Waals surface area contributed by atoms with Gasteiger partial charge in [-0.15, -0.1) is 10.2 Å². The lowest BCUT2D eigenvalue weighted by Gasteiger charge is -2.32. The number of carbonyl (C=O) groups is 1. The third-order valence-corrected chi connectivity index (χ3v) is 5.35. The fourth-order valence-corrected chi connectivity index (χ4v) is 3.86. The minimum Gasteiger partial charge on any atom is -0.393 e. The lowest BCUT2D eigenvalue weighted by molar-refractivity contribution is -0.384. The molecule has 0 unspecified atom stereocenters. The van der Waals surface area contributed by atoms with Crippen molar-refractivity contribution in [1.29, 1.82) is 0 Å². The zero-order valence-corrected chi connectivity index (χ0v) is 15.1. The van der Waals surface area contributed by atoms with Crippen LogP contribution in [0.2, 0.25) is 0 Å². The number of nitrogen functional groups attached to an aromatic ring is 1. The van der Waals surface area contributed by atoms with Gasteiger partial charge in [0.1, 0.15) is 23.2 Å². The number of aromatic nitrogens is 3. The van der Waals surface area contributed by atoms with Crippen LogP contribution < -0.4 is 11.1 Å². The first kappa shape index (κ1) is 18.3. The summed E-state index contributed by atoms with van der Waals surface area (Å²) < 4.78 is 15.9. The van der Waals surface area contributed by atoms with Crippen LogP contribution in [-0.2, 0) is 13.1 Å². The number of hydrogen-bond donors (Lipinski definition) is 2. The van der Waals surface area contributed by atoms with Crippen LogP contribution in [0.1, 0.15) is 40.8 Å². The number of halogens is 1. The number of fused-ring (bicyclic) bond motifs is 1. The number of nitro benzene ring substituents is 1. The highest BCUT2D eigenvalue weighted by atomic mass is 19.1. The Bertz CT molecular complexity index is 937. The second-order valence-corrected chi connectivity index (χ2v) is 7.01. The zero-order valence-electron chi connectivity index (χ0n) is 15.1. The molecule has 2 aliphatic rings. The SMILES string of the molecule is Nc1c(C(=O)N2CCC(c3nnc4n3CCNC4)CC2)cc(F)cc1[N+](=O)[O-]. The maximum absolute atomic E-state index is 13.7. The Hall–Kier alpha value is -3.08. The number of anilines is 1. The van der Waals surface area contributed by atoms with Crippen molar-refractivity contribution in [2.45, 2.75) is 31.8 Å². The van der Waals surface area contributed by atoms with Gasteiger partial charge in [0.2, 0.25) is 0 Å². The molecule has 0 spiro atoms. The lowest BCUT2D eigenvalue weighted by Crippen LogP contribution is -2.39. The molecule has 1 aromatic heterocycles. The van der Waals surface area contributed by atoms with Gasteiger partial charge in [-0.1, -0.05) is 0 Å². The third-order valence-electron chi connectivity index (χ3n) is 5.35. The fourth-order valence-electron chi connectivity index (χ4n) is 3.86. The van der Waals surface area contributed by atoms with Crippen LogP contribution in [0.4, 0.5) is 15.8 Å². The van der Waals surface area contributed by atoms with E-state index in [-0.39, 0.29) is 17.2 Å². The van der Waals surface area contributed by atoms with E-state index in [2.05, 4.69) is 20.1 Å². The number of nitrogens with two attached hydrogens (primary N) is 1. The smallest absolute Gasteiger partial charge is 0.295 e. The van der Waals surface area contributed by atoms with Gasteiger partial charge in [0.25, 0.3) is 11.6 Å². The highest BCUT2D eigenvalue weighted by Gasteiger charge is 2.31. The highest BCUT2D eigenvalue weighted by molar-refractivity contribution is 6.01. The Balaban J connectivity index is 1.49. The minimum atomic E-state index is -0.858. The monoisotopic (exact) mass is 389 g/mol. The summed E-state index contributed by atoms with van der Waals surface area (Å²) in [5.41, 5.74) is 4.68. The minimum absolute atomic E-state index is 0.170. The first-order chi connectivity index (χ1) is 13.5. The summed E-state index contributed by atoms with van der Waals surface area (Å²) >= 11 is 0. The van der Waals surface area contributed by atoms with Gasteiger partial charge in [-0.3, -0.25) is 14.9 Å². The Morgan fingerprint density at radius 3 is 2.75 bits per heavy atom. The van der Waals surface area contributed by atoms with Crippen LogP contribution in [0.5, 0.6) is 0 Å². The van der Waals surface area contributed by atoms with Crippen molar-refractivity contribution in [1.82, 2.24) is 25.0 Å². The summed E-state index contributed by atoms with van der Waals surface area (Å²) in [5, 5.41) is 22.8. The van der Waals surface area contributed by atoms with Crippen molar-refractivity contribution in [3.8, 4) is 0 Å². The summed E-state index contributed by atoms with van der Waals surface area (Å²) in [6.07, 6.45) is 1.38. The van der Waals surface area contributed by atoms with Crippen molar-refractivity contribution >= 4 is 17.3 Å². The van der Waals surface area contributed by atoms with E-state index >= 15 is 0 Å². The van der Waals surface area contributed by atoms with Gasteiger partial charge in [0.15, 0.2) is 0 Å². The Morgan fingerprint density at radius 2 is 2.04 bits per heavy atom. The summed E-state index contributed by atoms with van der Waals surface area (Å²) in [6.45, 7) is 3.26. The summed E-state index contributed by atoms with van der Waals surface area (Å²) in [4.78, 5) is 24.6. The second kappa shape index (κ2) is 7.15. The van der Waals surface area contributed by atoms with Crippen LogP contribution in [0.3, 0.4) is 0 Å². The van der Waals surface area contributed by atoms with E-state index in [9.17, 15) is 19.3 Å². The number of nitrogens with zero attached hydrogens (tertiary/aromatic N) is 5. The van der Waals surface area contributed by atoms with E-state index in [1.54, 1.807) is 4.90 Å². The molecule has 0 saturated carbocycles. The molecular weight excluding hydrogens is 369 g/mol. The average molecular weight is 389 g/mol. The maximum atomic E-state index is 13.7. The Morgan fingerprint density at radius 1 is 1.29 bits per heavy atom. The highest BCUT2D eigenvalue weighted by Crippen LogP contribution is 2.31.